The van der Waals surface area contributed by atoms with Gasteiger partial charge in [0, 0.05) is 24.9 Å². The quantitative estimate of drug-likeness (QED) is 0.470. The number of rotatable bonds is 3. The highest BCUT2D eigenvalue weighted by molar-refractivity contribution is 4.96. The molecule has 1 rings (SSSR count). The number of aryl methyl sites for hydroxylation is 2. The Morgan fingerprint density at radius 2 is 2.55 bits per heavy atom. The number of hydrogen-bond acceptors (Lipinski definition) is 1. The molecule has 0 radical (unpaired) electrons. The molecule has 0 spiro atoms. The van der Waals surface area contributed by atoms with Crippen molar-refractivity contribution in [2.45, 2.75) is 26.3 Å². The van der Waals surface area contributed by atoms with Crippen molar-refractivity contribution in [3.8, 4) is 12.3 Å². The molecule has 0 unspecified atom stereocenters. The SMILES string of the molecule is C#CCCCn1nccc1C. The molecule has 58 valence electrons. The first-order valence-corrected chi connectivity index (χ1v) is 3.76. The number of nitrogens with zero attached hydrogens (tertiary/aromatic N) is 2. The third-order valence-corrected chi connectivity index (χ3v) is 1.62. The average Bonchev–Trinajstić information content (AvgIpc) is 2.37. The van der Waals surface area contributed by atoms with Gasteiger partial charge in [-0.25, -0.2) is 0 Å². The molecule has 0 N–H and O–H groups in total. The lowest BCUT2D eigenvalue weighted by atomic mass is 10.3. The predicted octanol–water partition coefficient (Wildman–Crippen LogP) is 1.60. The fourth-order valence-electron chi connectivity index (χ4n) is 0.964. The van der Waals surface area contributed by atoms with Crippen LogP contribution >= 0.6 is 0 Å². The van der Waals surface area contributed by atoms with Gasteiger partial charge in [0.05, 0.1) is 0 Å². The van der Waals surface area contributed by atoms with Crippen LogP contribution in [0.25, 0.3) is 0 Å². The maximum absolute atomic E-state index is 5.13. The molecule has 0 aliphatic heterocycles. The van der Waals surface area contributed by atoms with E-state index >= 15 is 0 Å². The Bertz CT molecular complexity index is 255. The lowest BCUT2D eigenvalue weighted by molar-refractivity contribution is 0.573. The van der Waals surface area contributed by atoms with Crippen molar-refractivity contribution < 1.29 is 0 Å². The summed E-state index contributed by atoms with van der Waals surface area (Å²) in [6.45, 7) is 2.98. The minimum Gasteiger partial charge on any atom is -0.270 e. The van der Waals surface area contributed by atoms with Gasteiger partial charge in [-0.05, 0) is 19.4 Å². The van der Waals surface area contributed by atoms with Crippen LogP contribution in [0.1, 0.15) is 18.5 Å². The Labute approximate surface area is 67.2 Å². The van der Waals surface area contributed by atoms with E-state index in [2.05, 4.69) is 11.0 Å². The molecule has 2 heteroatoms. The highest BCUT2D eigenvalue weighted by Gasteiger charge is 1.93. The molecule has 11 heavy (non-hydrogen) atoms. The summed E-state index contributed by atoms with van der Waals surface area (Å²) >= 11 is 0. The standard InChI is InChI=1S/C9H12N2/c1-3-4-5-8-11-9(2)6-7-10-11/h1,6-7H,4-5,8H2,2H3. The van der Waals surface area contributed by atoms with Gasteiger partial charge in [0.1, 0.15) is 0 Å². The van der Waals surface area contributed by atoms with Crippen molar-refractivity contribution in [2.24, 2.45) is 0 Å². The lowest BCUT2D eigenvalue weighted by Crippen LogP contribution is -2.01. The summed E-state index contributed by atoms with van der Waals surface area (Å²) in [5.74, 6) is 2.61. The second-order valence-corrected chi connectivity index (χ2v) is 2.50. The number of unbranched alkanes of at least 4 members (excludes halogenated alkanes) is 1. The Morgan fingerprint density at radius 3 is 3.09 bits per heavy atom. The zero-order valence-electron chi connectivity index (χ0n) is 6.75. The molecule has 0 amide bonds. The fourth-order valence-corrected chi connectivity index (χ4v) is 0.964. The van der Waals surface area contributed by atoms with Crippen LogP contribution < -0.4 is 0 Å². The van der Waals surface area contributed by atoms with Gasteiger partial charge in [-0.2, -0.15) is 5.10 Å². The maximum atomic E-state index is 5.13. The van der Waals surface area contributed by atoms with Gasteiger partial charge in [0.2, 0.25) is 0 Å². The summed E-state index contributed by atoms with van der Waals surface area (Å²) in [7, 11) is 0. The number of aromatic nitrogens is 2. The van der Waals surface area contributed by atoms with E-state index in [1.165, 1.54) is 5.69 Å². The van der Waals surface area contributed by atoms with Gasteiger partial charge >= 0.3 is 0 Å². The molecule has 2 nitrogen and oxygen atoms in total. The predicted molar refractivity (Wildman–Crippen MR) is 45.0 cm³/mol. The van der Waals surface area contributed by atoms with E-state index < -0.39 is 0 Å². The van der Waals surface area contributed by atoms with Crippen LogP contribution in [-0.4, -0.2) is 9.78 Å². The van der Waals surface area contributed by atoms with Crippen LogP contribution in [0, 0.1) is 19.3 Å². The van der Waals surface area contributed by atoms with Gasteiger partial charge in [-0.3, -0.25) is 4.68 Å². The normalized spacial score (nSPS) is 9.45. The maximum Gasteiger partial charge on any atom is 0.0492 e. The Hall–Kier alpha value is -1.23. The Kier molecular flexibility index (Phi) is 2.74. The van der Waals surface area contributed by atoms with Crippen molar-refractivity contribution in [3.63, 3.8) is 0 Å². The van der Waals surface area contributed by atoms with E-state index in [0.717, 1.165) is 19.4 Å². The second kappa shape index (κ2) is 3.82. The van der Waals surface area contributed by atoms with Crippen molar-refractivity contribution in [1.82, 2.24) is 9.78 Å². The zero-order chi connectivity index (χ0) is 8.10. The minimum absolute atomic E-state index is 0.833. The lowest BCUT2D eigenvalue weighted by Gasteiger charge is -2.00. The molecule has 1 heterocycles. The van der Waals surface area contributed by atoms with Crippen LogP contribution in [0.3, 0.4) is 0 Å². The van der Waals surface area contributed by atoms with E-state index in [9.17, 15) is 0 Å². The number of hydrogen-bond donors (Lipinski definition) is 0. The van der Waals surface area contributed by atoms with Gasteiger partial charge < -0.3 is 0 Å². The molecule has 0 saturated heterocycles. The molecular formula is C9H12N2. The molecular weight excluding hydrogens is 136 g/mol. The first-order valence-electron chi connectivity index (χ1n) is 3.76. The fraction of sp³-hybridized carbons (Fsp3) is 0.444. The first kappa shape index (κ1) is 7.87. The molecule has 1 aromatic rings. The van der Waals surface area contributed by atoms with Gasteiger partial charge in [-0.15, -0.1) is 12.3 Å². The molecule has 0 saturated carbocycles. The van der Waals surface area contributed by atoms with Gasteiger partial charge in [0.15, 0.2) is 0 Å². The topological polar surface area (TPSA) is 17.8 Å². The third-order valence-electron chi connectivity index (χ3n) is 1.62. The number of terminal acetylenes is 1. The van der Waals surface area contributed by atoms with E-state index in [1.54, 1.807) is 0 Å². The summed E-state index contributed by atoms with van der Waals surface area (Å²) in [6.07, 6.45) is 8.78. The molecule has 0 fully saturated rings. The highest BCUT2D eigenvalue weighted by Crippen LogP contribution is 1.98. The molecule has 0 bridgehead atoms. The molecule has 0 aliphatic carbocycles. The van der Waals surface area contributed by atoms with E-state index in [-0.39, 0.29) is 0 Å². The molecule has 1 aromatic heterocycles. The smallest absolute Gasteiger partial charge is 0.0492 e. The molecule has 0 atom stereocenters. The summed E-state index contributed by atoms with van der Waals surface area (Å²) in [5.41, 5.74) is 1.20. The van der Waals surface area contributed by atoms with Crippen LogP contribution in [0.5, 0.6) is 0 Å². The molecule has 0 aliphatic rings. The van der Waals surface area contributed by atoms with Crippen LogP contribution in [0.4, 0.5) is 0 Å². The monoisotopic (exact) mass is 148 g/mol. The van der Waals surface area contributed by atoms with Crippen LogP contribution in [-0.2, 0) is 6.54 Å². The average molecular weight is 148 g/mol. The van der Waals surface area contributed by atoms with Crippen LogP contribution in [0.15, 0.2) is 12.3 Å². The van der Waals surface area contributed by atoms with E-state index in [0.29, 0.717) is 0 Å². The van der Waals surface area contributed by atoms with Gasteiger partial charge in [-0.1, -0.05) is 0 Å². The van der Waals surface area contributed by atoms with Crippen molar-refractivity contribution in [3.05, 3.63) is 18.0 Å². The van der Waals surface area contributed by atoms with Crippen molar-refractivity contribution in [1.29, 1.82) is 0 Å². The van der Waals surface area contributed by atoms with E-state index in [1.807, 2.05) is 23.9 Å². The van der Waals surface area contributed by atoms with Crippen molar-refractivity contribution in [2.75, 3.05) is 0 Å². The van der Waals surface area contributed by atoms with Crippen LogP contribution in [0.2, 0.25) is 0 Å². The zero-order valence-corrected chi connectivity index (χ0v) is 6.75. The summed E-state index contributed by atoms with van der Waals surface area (Å²) in [6, 6.07) is 2.00. The first-order chi connectivity index (χ1) is 5.34. The summed E-state index contributed by atoms with van der Waals surface area (Å²) in [4.78, 5) is 0. The minimum atomic E-state index is 0.833. The van der Waals surface area contributed by atoms with E-state index in [4.69, 9.17) is 6.42 Å². The largest absolute Gasteiger partial charge is 0.270 e. The van der Waals surface area contributed by atoms with Crippen molar-refractivity contribution >= 4 is 0 Å². The molecule has 0 aromatic carbocycles. The highest BCUT2D eigenvalue weighted by atomic mass is 15.3. The summed E-state index contributed by atoms with van der Waals surface area (Å²) < 4.78 is 1.97. The Balaban J connectivity index is 2.40. The second-order valence-electron chi connectivity index (χ2n) is 2.50. The summed E-state index contributed by atoms with van der Waals surface area (Å²) in [5, 5.41) is 4.14. The Morgan fingerprint density at radius 1 is 1.73 bits per heavy atom. The third kappa shape index (κ3) is 2.12. The van der Waals surface area contributed by atoms with Gasteiger partial charge in [0.25, 0.3) is 0 Å².